The molecule has 21 N–H and O–H groups in total. The molecule has 28 nitrogen and oxygen atoms in total. The average Bonchev–Trinajstić information content (AvgIpc) is 1.71. The number of phenols is 2. The van der Waals surface area contributed by atoms with Crippen LogP contribution in [0.1, 0.15) is 129 Å². The molecule has 550 valence electrons. The van der Waals surface area contributed by atoms with E-state index in [9.17, 15) is 48.9 Å². The second-order valence-corrected chi connectivity index (χ2v) is 26.6. The number of fused-ring (bicyclic) bond motifs is 1. The lowest BCUT2D eigenvalue weighted by atomic mass is 9.95. The average molecular weight is 1400 g/mol. The molecule has 0 saturated heterocycles. The molecule has 0 unspecified atom stereocenters. The summed E-state index contributed by atoms with van der Waals surface area (Å²) in [4.78, 5) is 151. The highest BCUT2D eigenvalue weighted by atomic mass is 16.4. The number of aliphatic imine (C=N–C) groups is 1. The van der Waals surface area contributed by atoms with Crippen molar-refractivity contribution in [2.24, 2.45) is 51.6 Å². The van der Waals surface area contributed by atoms with Gasteiger partial charge in [-0.1, -0.05) is 141 Å². The van der Waals surface area contributed by atoms with Crippen molar-refractivity contribution in [1.82, 2.24) is 52.8 Å². The van der Waals surface area contributed by atoms with Gasteiger partial charge in [-0.15, -0.1) is 0 Å². The quantitative estimate of drug-likeness (QED) is 0.0152. The number of aliphatic carboxylic acids is 1. The molecule has 0 spiro atoms. The Bertz CT molecular complexity index is 3570. The second-order valence-electron chi connectivity index (χ2n) is 26.6. The number of para-hydroxylation sites is 1. The van der Waals surface area contributed by atoms with Gasteiger partial charge < -0.3 is 91.1 Å². The van der Waals surface area contributed by atoms with Gasteiger partial charge in [0.2, 0.25) is 53.2 Å². The summed E-state index contributed by atoms with van der Waals surface area (Å²) < 4.78 is 0. The van der Waals surface area contributed by atoms with Crippen molar-refractivity contribution in [3.05, 3.63) is 132 Å². The molecule has 0 saturated carbocycles. The normalized spacial score (nSPS) is 14.9. The van der Waals surface area contributed by atoms with Crippen LogP contribution in [0.4, 0.5) is 0 Å². The van der Waals surface area contributed by atoms with Crippen LogP contribution in [-0.2, 0) is 73.6 Å². The van der Waals surface area contributed by atoms with E-state index < -0.39 is 137 Å². The number of hydrogen-bond donors (Lipinski definition) is 17. The van der Waals surface area contributed by atoms with Crippen molar-refractivity contribution in [3.8, 4) is 11.5 Å². The Labute approximate surface area is 590 Å². The van der Waals surface area contributed by atoms with E-state index in [0.29, 0.717) is 47.9 Å². The summed E-state index contributed by atoms with van der Waals surface area (Å²) in [6, 6.07) is 14.9. The Morgan fingerprint density at radius 1 is 0.465 bits per heavy atom. The third kappa shape index (κ3) is 26.5. The number of guanidine groups is 1. The number of nitrogens with one attached hydrogen (secondary N) is 10. The summed E-state index contributed by atoms with van der Waals surface area (Å²) in [7, 11) is 0. The molecule has 1 aromatic heterocycles. The van der Waals surface area contributed by atoms with Crippen LogP contribution in [0.5, 0.6) is 11.5 Å². The van der Waals surface area contributed by atoms with Gasteiger partial charge in [0, 0.05) is 42.9 Å². The van der Waals surface area contributed by atoms with Crippen LogP contribution in [-0.4, -0.2) is 159 Å². The van der Waals surface area contributed by atoms with Crippen LogP contribution in [0.2, 0.25) is 0 Å². The van der Waals surface area contributed by atoms with Crippen LogP contribution in [0.25, 0.3) is 10.9 Å². The van der Waals surface area contributed by atoms with Crippen LogP contribution in [0.3, 0.4) is 0 Å². The lowest BCUT2D eigenvalue weighted by Crippen LogP contribution is -2.62. The minimum atomic E-state index is -1.49. The van der Waals surface area contributed by atoms with Gasteiger partial charge in [-0.25, -0.2) is 4.79 Å². The summed E-state index contributed by atoms with van der Waals surface area (Å²) in [6.07, 6.45) is 2.89. The fourth-order valence-electron chi connectivity index (χ4n) is 11.4. The highest BCUT2D eigenvalue weighted by molar-refractivity contribution is 5.99. The van der Waals surface area contributed by atoms with E-state index in [1.807, 2.05) is 32.0 Å². The zero-order chi connectivity index (χ0) is 74.5. The van der Waals surface area contributed by atoms with E-state index in [1.165, 1.54) is 36.4 Å². The standard InChI is InChI=1S/C73H105N15O13/c1-9-43(7)61(71(99)85-58(37-45-19-12-11-13-20-45)69(97)88-62(72(100)101)44(8)10-2)87-68(96)57(38-47-27-31-50(90)32-28-47)82-65(93)55(24-18-34-78-73(76)77)80-64(92)54(23-16-17-33-74)81-67(95)59(39-48-40-79-53-22-15-14-21-51(48)53)83-66(94)56(35-41(3)4)84-70(98)60(42(5)6)86-63(91)52(75)36-46-25-29-49(89)30-26-46/h11-15,19-22,25-32,40-44,52,54-62,79,89-90H,9-10,16-18,23-24,33-39,74-75H2,1-8H3,(H,80,92)(H,81,95)(H,82,93)(H,83,94)(H,84,98)(H,85,99)(H,86,91)(H,87,96)(H,88,97)(H,100,101)(H4,76,77,78)/t43-,44-,52-,54-,55-,56-,57-,58-,59-,60-,61-,62-/m0/s1. The molecular weight excluding hydrogens is 1290 g/mol. The van der Waals surface area contributed by atoms with E-state index in [4.69, 9.17) is 22.9 Å². The van der Waals surface area contributed by atoms with E-state index >= 15 is 14.4 Å². The number of aromatic nitrogens is 1. The molecule has 0 aliphatic carbocycles. The number of aromatic amines is 1. The van der Waals surface area contributed by atoms with Crippen molar-refractivity contribution < 1.29 is 63.3 Å². The Morgan fingerprint density at radius 3 is 1.42 bits per heavy atom. The first-order valence-electron chi connectivity index (χ1n) is 34.6. The number of hydrogen-bond acceptors (Lipinski definition) is 15. The van der Waals surface area contributed by atoms with Crippen LogP contribution < -0.4 is 70.8 Å². The number of nitrogens with zero attached hydrogens (tertiary/aromatic N) is 1. The van der Waals surface area contributed by atoms with Crippen molar-refractivity contribution in [3.63, 3.8) is 0 Å². The number of phenolic OH excluding ortho intramolecular Hbond substituents is 2. The molecule has 4 aromatic carbocycles. The fourth-order valence-corrected chi connectivity index (χ4v) is 11.4. The minimum absolute atomic E-state index is 0.00384. The summed E-state index contributed by atoms with van der Waals surface area (Å²) in [5.74, 6) is -10.3. The number of H-pyrrole nitrogens is 1. The van der Waals surface area contributed by atoms with Crippen molar-refractivity contribution in [2.45, 2.75) is 193 Å². The predicted octanol–water partition coefficient (Wildman–Crippen LogP) is 2.60. The van der Waals surface area contributed by atoms with Crippen molar-refractivity contribution >= 4 is 76.0 Å². The molecule has 0 bridgehead atoms. The third-order valence-electron chi connectivity index (χ3n) is 17.7. The first kappa shape index (κ1) is 81.6. The van der Waals surface area contributed by atoms with Crippen LogP contribution in [0.15, 0.2) is 114 Å². The van der Waals surface area contributed by atoms with Gasteiger partial charge in [0.05, 0.1) is 6.04 Å². The maximum absolute atomic E-state index is 15.1. The van der Waals surface area contributed by atoms with Gasteiger partial charge in [-0.3, -0.25) is 48.1 Å². The lowest BCUT2D eigenvalue weighted by Gasteiger charge is -2.30. The third-order valence-corrected chi connectivity index (χ3v) is 17.7. The zero-order valence-corrected chi connectivity index (χ0v) is 59.1. The number of amides is 9. The summed E-state index contributed by atoms with van der Waals surface area (Å²) in [5.41, 5.74) is 26.7. The molecule has 1 heterocycles. The predicted molar refractivity (Wildman–Crippen MR) is 385 cm³/mol. The van der Waals surface area contributed by atoms with Gasteiger partial charge in [-0.2, -0.15) is 0 Å². The number of carboxylic acid groups (broad SMARTS) is 1. The Kier molecular flexibility index (Phi) is 33.0. The first-order valence-corrected chi connectivity index (χ1v) is 34.6. The number of carbonyl (C=O) groups is 10. The molecule has 0 aliphatic heterocycles. The van der Waals surface area contributed by atoms with Gasteiger partial charge in [0.25, 0.3) is 0 Å². The molecular formula is C73H105N15O13. The largest absolute Gasteiger partial charge is 0.508 e. The van der Waals surface area contributed by atoms with E-state index in [1.54, 1.807) is 96.3 Å². The lowest BCUT2D eigenvalue weighted by molar-refractivity contribution is -0.144. The van der Waals surface area contributed by atoms with Crippen LogP contribution >= 0.6 is 0 Å². The summed E-state index contributed by atoms with van der Waals surface area (Å²) >= 11 is 0. The molecule has 12 atom stereocenters. The minimum Gasteiger partial charge on any atom is -0.508 e. The van der Waals surface area contributed by atoms with E-state index in [2.05, 4.69) is 57.8 Å². The number of carboxylic acids is 1. The summed E-state index contributed by atoms with van der Waals surface area (Å²) in [6.45, 7) is 14.3. The van der Waals surface area contributed by atoms with E-state index in [0.717, 1.165) is 10.9 Å². The SMILES string of the molecule is CC[C@H](C)[C@H](NC(=O)[C@H](Cc1ccccc1)NC(=O)[C@@H](NC(=O)[C@H](Cc1ccc(O)cc1)NC(=O)[C@H](CCCN=C(N)N)NC(=O)[C@H](CCCCN)NC(=O)[C@H](Cc1c[nH]c2ccccc12)NC(=O)[C@H](CC(C)C)NC(=O)[C@@H](NC(=O)[C@@H](N)Cc1ccc(O)cc1)C(C)C)[C@@H](C)CC)C(=O)O. The number of nitrogens with two attached hydrogens (primary N) is 4. The molecule has 0 radical (unpaired) electrons. The molecule has 101 heavy (non-hydrogen) atoms. The molecule has 9 amide bonds. The molecule has 5 aromatic rings. The monoisotopic (exact) mass is 1400 g/mol. The molecule has 0 aliphatic rings. The van der Waals surface area contributed by atoms with Gasteiger partial charge in [0.15, 0.2) is 5.96 Å². The molecule has 5 rings (SSSR count). The number of rotatable bonds is 42. The van der Waals surface area contributed by atoms with Crippen molar-refractivity contribution in [1.29, 1.82) is 0 Å². The highest BCUT2D eigenvalue weighted by Crippen LogP contribution is 2.22. The number of carbonyl (C=O) groups excluding carboxylic acids is 9. The smallest absolute Gasteiger partial charge is 0.326 e. The number of unbranched alkanes of at least 4 members (excludes halogenated alkanes) is 1. The number of benzene rings is 4. The maximum atomic E-state index is 15.1. The Morgan fingerprint density at radius 2 is 0.891 bits per heavy atom. The highest BCUT2D eigenvalue weighted by Gasteiger charge is 2.38. The van der Waals surface area contributed by atoms with Crippen LogP contribution in [0, 0.1) is 23.7 Å². The number of aromatic hydroxyl groups is 2. The Hall–Kier alpha value is -10.1. The van der Waals surface area contributed by atoms with Gasteiger partial charge >= 0.3 is 5.97 Å². The van der Waals surface area contributed by atoms with E-state index in [-0.39, 0.29) is 87.8 Å². The molecule has 28 heteroatoms. The molecule has 0 fully saturated rings. The van der Waals surface area contributed by atoms with Crippen molar-refractivity contribution in [2.75, 3.05) is 13.1 Å². The van der Waals surface area contributed by atoms with Gasteiger partial charge in [-0.05, 0) is 128 Å². The second kappa shape index (κ2) is 40.8. The fraction of sp³-hybridized carbons (Fsp3) is 0.493. The first-order chi connectivity index (χ1) is 48.0. The maximum Gasteiger partial charge on any atom is 0.326 e. The summed E-state index contributed by atoms with van der Waals surface area (Å²) in [5, 5.41) is 55.8. The Balaban J connectivity index is 1.47. The zero-order valence-electron chi connectivity index (χ0n) is 59.1. The topological polar surface area (TPSA) is 472 Å². The van der Waals surface area contributed by atoms with Gasteiger partial charge in [0.1, 0.15) is 65.9 Å².